The Morgan fingerprint density at radius 2 is 2.24 bits per heavy atom. The third-order valence-corrected chi connectivity index (χ3v) is 3.63. The first kappa shape index (κ1) is 17.8. The summed E-state index contributed by atoms with van der Waals surface area (Å²) in [6, 6.07) is 5.45. The third-order valence-electron chi connectivity index (χ3n) is 3.63. The Hall–Kier alpha value is -1.30. The van der Waals surface area contributed by atoms with Crippen molar-refractivity contribution in [3.05, 3.63) is 29.7 Å². The van der Waals surface area contributed by atoms with Crippen molar-refractivity contribution in [3.63, 3.8) is 0 Å². The number of aryl methyl sites for hydroxylation is 1. The molecule has 116 valence electrons. The van der Waals surface area contributed by atoms with E-state index < -0.39 is 0 Å². The Labute approximate surface area is 135 Å². The first-order valence-corrected chi connectivity index (χ1v) is 6.54. The number of nitrogens with two attached hydrogens (primary N) is 1. The lowest BCUT2D eigenvalue weighted by atomic mass is 10.1. The Morgan fingerprint density at radius 1 is 1.48 bits per heavy atom. The molecule has 0 saturated carbocycles. The quantitative estimate of drug-likeness (QED) is 0.917. The second kappa shape index (κ2) is 7.11. The fraction of sp³-hybridized carbons (Fsp3) is 0.429. The highest BCUT2D eigenvalue weighted by atomic mass is 35.5. The van der Waals surface area contributed by atoms with Gasteiger partial charge in [0.2, 0.25) is 0 Å². The molecule has 1 amide bonds. The summed E-state index contributed by atoms with van der Waals surface area (Å²) in [4.78, 5) is 18.5. The van der Waals surface area contributed by atoms with Gasteiger partial charge >= 0.3 is 0 Å². The summed E-state index contributed by atoms with van der Waals surface area (Å²) in [5.74, 6) is 0.714. The van der Waals surface area contributed by atoms with Gasteiger partial charge in [-0.05, 0) is 37.9 Å². The number of hydrogen-bond donors (Lipinski definition) is 1. The second-order valence-corrected chi connectivity index (χ2v) is 5.09. The molecule has 0 bridgehead atoms. The molecule has 5 nitrogen and oxygen atoms in total. The SMILES string of the molecule is Cc1ccc2oc(C(=O)N3CCC(CN)C3)cc2n1.Cl.Cl. The van der Waals surface area contributed by atoms with Gasteiger partial charge in [0, 0.05) is 24.8 Å². The van der Waals surface area contributed by atoms with E-state index in [1.54, 1.807) is 6.07 Å². The third kappa shape index (κ3) is 3.48. The van der Waals surface area contributed by atoms with Crippen LogP contribution in [0.25, 0.3) is 11.1 Å². The molecule has 2 aromatic heterocycles. The number of fused-ring (bicyclic) bond motifs is 1. The molecule has 3 rings (SSSR count). The molecule has 0 aliphatic carbocycles. The van der Waals surface area contributed by atoms with Crippen molar-refractivity contribution < 1.29 is 9.21 Å². The van der Waals surface area contributed by atoms with Gasteiger partial charge in [0.15, 0.2) is 11.3 Å². The minimum atomic E-state index is -0.0633. The van der Waals surface area contributed by atoms with E-state index in [0.717, 1.165) is 30.7 Å². The number of carbonyl (C=O) groups excluding carboxylic acids is 1. The van der Waals surface area contributed by atoms with Gasteiger partial charge in [0.25, 0.3) is 5.91 Å². The maximum absolute atomic E-state index is 12.3. The summed E-state index contributed by atoms with van der Waals surface area (Å²) in [6.45, 7) is 4.02. The standard InChI is InChI=1S/C14H17N3O2.2ClH/c1-9-2-3-12-11(16-9)6-13(19-12)14(18)17-5-4-10(7-15)8-17;;/h2-3,6,10H,4-5,7-8,15H2,1H3;2*1H. The van der Waals surface area contributed by atoms with Gasteiger partial charge in [0.1, 0.15) is 5.52 Å². The molecule has 21 heavy (non-hydrogen) atoms. The molecule has 1 saturated heterocycles. The lowest BCUT2D eigenvalue weighted by Crippen LogP contribution is -2.29. The number of nitrogens with zero attached hydrogens (tertiary/aromatic N) is 2. The first-order chi connectivity index (χ1) is 9.17. The number of amides is 1. The van der Waals surface area contributed by atoms with Gasteiger partial charge in [-0.3, -0.25) is 4.79 Å². The van der Waals surface area contributed by atoms with E-state index in [9.17, 15) is 4.79 Å². The van der Waals surface area contributed by atoms with Crippen LogP contribution in [-0.4, -0.2) is 35.4 Å². The fourth-order valence-corrected chi connectivity index (χ4v) is 2.50. The maximum Gasteiger partial charge on any atom is 0.289 e. The van der Waals surface area contributed by atoms with Crippen LogP contribution in [0.3, 0.4) is 0 Å². The molecule has 0 radical (unpaired) electrons. The monoisotopic (exact) mass is 331 g/mol. The van der Waals surface area contributed by atoms with E-state index in [2.05, 4.69) is 4.98 Å². The minimum Gasteiger partial charge on any atom is -0.449 e. The van der Waals surface area contributed by atoms with Crippen molar-refractivity contribution in [2.75, 3.05) is 19.6 Å². The first-order valence-electron chi connectivity index (χ1n) is 6.54. The predicted octanol–water partition coefficient (Wildman–Crippen LogP) is 2.40. The van der Waals surface area contributed by atoms with Crippen LogP contribution in [-0.2, 0) is 0 Å². The Morgan fingerprint density at radius 3 is 2.90 bits per heavy atom. The van der Waals surface area contributed by atoms with Crippen LogP contribution in [0.5, 0.6) is 0 Å². The largest absolute Gasteiger partial charge is 0.449 e. The molecule has 1 fully saturated rings. The zero-order valence-electron chi connectivity index (χ0n) is 11.7. The van der Waals surface area contributed by atoms with E-state index in [1.165, 1.54) is 0 Å². The van der Waals surface area contributed by atoms with Crippen molar-refractivity contribution in [2.24, 2.45) is 11.7 Å². The average molecular weight is 332 g/mol. The van der Waals surface area contributed by atoms with Crippen LogP contribution >= 0.6 is 24.8 Å². The van der Waals surface area contributed by atoms with Gasteiger partial charge in [-0.25, -0.2) is 4.98 Å². The Balaban J connectivity index is 0.00000110. The van der Waals surface area contributed by atoms with Crippen LogP contribution in [0.1, 0.15) is 22.7 Å². The number of halogens is 2. The molecule has 1 atom stereocenters. The fourth-order valence-electron chi connectivity index (χ4n) is 2.50. The molecular weight excluding hydrogens is 313 g/mol. The molecule has 1 aliphatic heterocycles. The highest BCUT2D eigenvalue weighted by molar-refractivity contribution is 5.95. The van der Waals surface area contributed by atoms with Crippen LogP contribution in [0.2, 0.25) is 0 Å². The van der Waals surface area contributed by atoms with E-state index in [1.807, 2.05) is 24.0 Å². The molecule has 1 aliphatic rings. The van der Waals surface area contributed by atoms with Gasteiger partial charge in [-0.15, -0.1) is 24.8 Å². The van der Waals surface area contributed by atoms with Gasteiger partial charge < -0.3 is 15.1 Å². The second-order valence-electron chi connectivity index (χ2n) is 5.09. The highest BCUT2D eigenvalue weighted by Crippen LogP contribution is 2.22. The molecule has 2 aromatic rings. The number of likely N-dealkylation sites (tertiary alicyclic amines) is 1. The van der Waals surface area contributed by atoms with E-state index in [0.29, 0.717) is 23.8 Å². The van der Waals surface area contributed by atoms with Crippen molar-refractivity contribution in [1.29, 1.82) is 0 Å². The number of hydrogen-bond acceptors (Lipinski definition) is 4. The predicted molar refractivity (Wildman–Crippen MR) is 86.3 cm³/mol. The van der Waals surface area contributed by atoms with Crippen LogP contribution in [0.15, 0.2) is 22.6 Å². The average Bonchev–Trinajstić information content (AvgIpc) is 3.03. The van der Waals surface area contributed by atoms with Gasteiger partial charge in [0.05, 0.1) is 0 Å². The molecule has 0 aromatic carbocycles. The lowest BCUT2D eigenvalue weighted by molar-refractivity contribution is 0.0758. The minimum absolute atomic E-state index is 0. The van der Waals surface area contributed by atoms with Crippen molar-refractivity contribution in [3.8, 4) is 0 Å². The summed E-state index contributed by atoms with van der Waals surface area (Å²) < 4.78 is 5.58. The van der Waals surface area contributed by atoms with Crippen molar-refractivity contribution in [2.45, 2.75) is 13.3 Å². The summed E-state index contributed by atoms with van der Waals surface area (Å²) in [5, 5.41) is 0. The molecule has 0 spiro atoms. The zero-order valence-corrected chi connectivity index (χ0v) is 13.4. The van der Waals surface area contributed by atoms with Crippen molar-refractivity contribution >= 4 is 41.8 Å². The molecular formula is C14H19Cl2N3O2. The number of pyridine rings is 1. The Bertz CT molecular complexity index is 630. The van der Waals surface area contributed by atoms with Crippen LogP contribution < -0.4 is 5.73 Å². The normalized spacial score (nSPS) is 17.4. The number of furan rings is 1. The molecule has 7 heteroatoms. The van der Waals surface area contributed by atoms with E-state index in [4.69, 9.17) is 10.2 Å². The van der Waals surface area contributed by atoms with Gasteiger partial charge in [-0.1, -0.05) is 0 Å². The van der Waals surface area contributed by atoms with E-state index >= 15 is 0 Å². The highest BCUT2D eigenvalue weighted by Gasteiger charge is 2.28. The summed E-state index contributed by atoms with van der Waals surface area (Å²) in [7, 11) is 0. The maximum atomic E-state index is 12.3. The lowest BCUT2D eigenvalue weighted by Gasteiger charge is -2.14. The number of rotatable bonds is 2. The smallest absolute Gasteiger partial charge is 0.289 e. The zero-order chi connectivity index (χ0) is 13.4. The molecule has 3 heterocycles. The van der Waals surface area contributed by atoms with Gasteiger partial charge in [-0.2, -0.15) is 0 Å². The summed E-state index contributed by atoms with van der Waals surface area (Å²) in [5.41, 5.74) is 7.95. The van der Waals surface area contributed by atoms with Crippen LogP contribution in [0.4, 0.5) is 0 Å². The van der Waals surface area contributed by atoms with E-state index in [-0.39, 0.29) is 30.7 Å². The number of carbonyl (C=O) groups is 1. The summed E-state index contributed by atoms with van der Waals surface area (Å²) in [6.07, 6.45) is 0.972. The molecule has 1 unspecified atom stereocenters. The number of aromatic nitrogens is 1. The topological polar surface area (TPSA) is 72.4 Å². The van der Waals surface area contributed by atoms with Crippen LogP contribution in [0, 0.1) is 12.8 Å². The Kier molecular flexibility index (Phi) is 6.01. The summed E-state index contributed by atoms with van der Waals surface area (Å²) >= 11 is 0. The van der Waals surface area contributed by atoms with Crippen molar-refractivity contribution in [1.82, 2.24) is 9.88 Å². The molecule has 2 N–H and O–H groups in total.